The van der Waals surface area contributed by atoms with Gasteiger partial charge in [-0.3, -0.25) is 14.5 Å². The molecule has 1 heterocycles. The molecule has 0 radical (unpaired) electrons. The lowest BCUT2D eigenvalue weighted by atomic mass is 9.97. The van der Waals surface area contributed by atoms with E-state index in [9.17, 15) is 9.59 Å². The molecule has 2 unspecified atom stereocenters. The highest BCUT2D eigenvalue weighted by Gasteiger charge is 2.40. The second kappa shape index (κ2) is 5.76. The van der Waals surface area contributed by atoms with E-state index in [1.807, 2.05) is 57.1 Å². The van der Waals surface area contributed by atoms with Gasteiger partial charge >= 0.3 is 0 Å². The Morgan fingerprint density at radius 1 is 1.14 bits per heavy atom. The lowest BCUT2D eigenvalue weighted by Gasteiger charge is -2.38. The van der Waals surface area contributed by atoms with Crippen LogP contribution in [0.2, 0.25) is 0 Å². The fraction of sp³-hybridized carbons (Fsp3) is 0.500. The molecule has 1 aliphatic heterocycles. The van der Waals surface area contributed by atoms with E-state index in [2.05, 4.69) is 5.32 Å². The van der Waals surface area contributed by atoms with Crippen LogP contribution in [0.15, 0.2) is 24.3 Å². The van der Waals surface area contributed by atoms with Crippen molar-refractivity contribution in [3.8, 4) is 0 Å². The minimum atomic E-state index is -0.488. The average Bonchev–Trinajstić information content (AvgIpc) is 2.43. The Kier molecular flexibility index (Phi) is 4.21. The van der Waals surface area contributed by atoms with Crippen molar-refractivity contribution in [2.24, 2.45) is 5.92 Å². The van der Waals surface area contributed by atoms with Crippen LogP contribution < -0.4 is 15.1 Å². The van der Waals surface area contributed by atoms with Gasteiger partial charge in [0.1, 0.15) is 12.1 Å². The van der Waals surface area contributed by atoms with Gasteiger partial charge in [0.15, 0.2) is 0 Å². The molecule has 2 rings (SSSR count). The van der Waals surface area contributed by atoms with Gasteiger partial charge < -0.3 is 10.2 Å². The quantitative estimate of drug-likeness (QED) is 0.920. The van der Waals surface area contributed by atoms with E-state index in [-0.39, 0.29) is 17.7 Å². The van der Waals surface area contributed by atoms with Gasteiger partial charge in [0, 0.05) is 25.5 Å². The smallest absolute Gasteiger partial charge is 0.250 e. The summed E-state index contributed by atoms with van der Waals surface area (Å²) in [7, 11) is 3.93. The van der Waals surface area contributed by atoms with E-state index in [1.165, 1.54) is 0 Å². The molecule has 1 saturated heterocycles. The van der Waals surface area contributed by atoms with Gasteiger partial charge in [0.05, 0.1) is 0 Å². The minimum Gasteiger partial charge on any atom is -0.378 e. The molecule has 1 aliphatic rings. The van der Waals surface area contributed by atoms with Crippen molar-refractivity contribution < 1.29 is 9.59 Å². The SMILES string of the molecule is CC(C)C1NC(=O)C(C)N(c2ccc(N(C)C)cc2)C1=O. The molecule has 0 bridgehead atoms. The Morgan fingerprint density at radius 2 is 1.71 bits per heavy atom. The van der Waals surface area contributed by atoms with Gasteiger partial charge in [-0.1, -0.05) is 13.8 Å². The fourth-order valence-electron chi connectivity index (χ4n) is 2.51. The monoisotopic (exact) mass is 289 g/mol. The van der Waals surface area contributed by atoms with Gasteiger partial charge in [0.2, 0.25) is 5.91 Å². The van der Waals surface area contributed by atoms with Crippen molar-refractivity contribution in [3.05, 3.63) is 24.3 Å². The summed E-state index contributed by atoms with van der Waals surface area (Å²) in [6.07, 6.45) is 0. The second-order valence-corrected chi connectivity index (χ2v) is 6.03. The van der Waals surface area contributed by atoms with Crippen LogP contribution in [0.3, 0.4) is 0 Å². The normalized spacial score (nSPS) is 22.5. The van der Waals surface area contributed by atoms with Crippen LogP contribution in [-0.2, 0) is 9.59 Å². The van der Waals surface area contributed by atoms with E-state index < -0.39 is 12.1 Å². The number of carbonyl (C=O) groups is 2. The zero-order valence-corrected chi connectivity index (χ0v) is 13.3. The zero-order valence-electron chi connectivity index (χ0n) is 13.3. The first-order chi connectivity index (χ1) is 9.82. The van der Waals surface area contributed by atoms with Crippen molar-refractivity contribution in [2.75, 3.05) is 23.9 Å². The van der Waals surface area contributed by atoms with E-state index in [0.29, 0.717) is 0 Å². The highest BCUT2D eigenvalue weighted by atomic mass is 16.2. The number of nitrogens with zero attached hydrogens (tertiary/aromatic N) is 2. The molecule has 0 aromatic heterocycles. The fourth-order valence-corrected chi connectivity index (χ4v) is 2.51. The molecule has 5 heteroatoms. The number of rotatable bonds is 3. The maximum absolute atomic E-state index is 12.6. The van der Waals surface area contributed by atoms with Crippen LogP contribution in [-0.4, -0.2) is 38.0 Å². The predicted octanol–water partition coefficient (Wildman–Crippen LogP) is 1.63. The first-order valence-electron chi connectivity index (χ1n) is 7.23. The van der Waals surface area contributed by atoms with Gasteiger partial charge in [-0.15, -0.1) is 0 Å². The molecule has 0 saturated carbocycles. The molecule has 0 spiro atoms. The molecule has 1 N–H and O–H groups in total. The number of amides is 2. The van der Waals surface area contributed by atoms with Crippen molar-refractivity contribution in [3.63, 3.8) is 0 Å². The minimum absolute atomic E-state index is 0.0466. The topological polar surface area (TPSA) is 52.7 Å². The third-order valence-corrected chi connectivity index (χ3v) is 3.88. The lowest BCUT2D eigenvalue weighted by molar-refractivity contribution is -0.134. The standard InChI is InChI=1S/C16H23N3O2/c1-10(2)14-16(21)19(11(3)15(20)17-14)13-8-6-12(7-9-13)18(4)5/h6-11,14H,1-5H3,(H,17,20). The first-order valence-corrected chi connectivity index (χ1v) is 7.23. The Hall–Kier alpha value is -2.04. The summed E-state index contributed by atoms with van der Waals surface area (Å²) in [5.74, 6) is -0.0859. The summed E-state index contributed by atoms with van der Waals surface area (Å²) >= 11 is 0. The number of hydrogen-bond donors (Lipinski definition) is 1. The van der Waals surface area contributed by atoms with Crippen molar-refractivity contribution in [1.29, 1.82) is 0 Å². The summed E-state index contributed by atoms with van der Waals surface area (Å²) in [5.41, 5.74) is 1.82. The summed E-state index contributed by atoms with van der Waals surface area (Å²) < 4.78 is 0. The van der Waals surface area contributed by atoms with Gasteiger partial charge in [-0.2, -0.15) is 0 Å². The second-order valence-electron chi connectivity index (χ2n) is 6.03. The Bertz CT molecular complexity index is 537. The summed E-state index contributed by atoms with van der Waals surface area (Å²) in [6, 6.07) is 6.73. The van der Waals surface area contributed by atoms with Crippen LogP contribution in [0.1, 0.15) is 20.8 Å². The number of benzene rings is 1. The number of hydrogen-bond acceptors (Lipinski definition) is 3. The number of nitrogens with one attached hydrogen (secondary N) is 1. The van der Waals surface area contributed by atoms with Crippen LogP contribution in [0.4, 0.5) is 11.4 Å². The van der Waals surface area contributed by atoms with Crippen LogP contribution in [0, 0.1) is 5.92 Å². The van der Waals surface area contributed by atoms with E-state index in [0.717, 1.165) is 11.4 Å². The highest BCUT2D eigenvalue weighted by molar-refractivity contribution is 6.08. The number of piperazine rings is 1. The maximum Gasteiger partial charge on any atom is 0.250 e. The van der Waals surface area contributed by atoms with Crippen LogP contribution in [0.25, 0.3) is 0 Å². The zero-order chi connectivity index (χ0) is 15.7. The molecule has 21 heavy (non-hydrogen) atoms. The summed E-state index contributed by atoms with van der Waals surface area (Å²) in [5, 5.41) is 2.81. The van der Waals surface area contributed by atoms with Crippen LogP contribution >= 0.6 is 0 Å². The summed E-state index contributed by atoms with van der Waals surface area (Å²) in [4.78, 5) is 28.3. The van der Waals surface area contributed by atoms with Gasteiger partial charge in [-0.05, 0) is 37.1 Å². The van der Waals surface area contributed by atoms with Crippen LogP contribution in [0.5, 0.6) is 0 Å². The molecule has 2 atom stereocenters. The molecule has 114 valence electrons. The molecular formula is C16H23N3O2. The van der Waals surface area contributed by atoms with E-state index in [4.69, 9.17) is 0 Å². The molecule has 0 aliphatic carbocycles. The van der Waals surface area contributed by atoms with Crippen molar-refractivity contribution in [1.82, 2.24) is 5.32 Å². The predicted molar refractivity (Wildman–Crippen MR) is 84.5 cm³/mol. The largest absolute Gasteiger partial charge is 0.378 e. The molecule has 5 nitrogen and oxygen atoms in total. The number of anilines is 2. The molecular weight excluding hydrogens is 266 g/mol. The third kappa shape index (κ3) is 2.86. The van der Waals surface area contributed by atoms with E-state index >= 15 is 0 Å². The first kappa shape index (κ1) is 15.4. The average molecular weight is 289 g/mol. The third-order valence-electron chi connectivity index (χ3n) is 3.88. The van der Waals surface area contributed by atoms with Gasteiger partial charge in [-0.25, -0.2) is 0 Å². The highest BCUT2D eigenvalue weighted by Crippen LogP contribution is 2.25. The van der Waals surface area contributed by atoms with Gasteiger partial charge in [0.25, 0.3) is 5.91 Å². The van der Waals surface area contributed by atoms with E-state index in [1.54, 1.807) is 11.8 Å². The molecule has 1 aromatic rings. The number of carbonyl (C=O) groups excluding carboxylic acids is 2. The molecule has 1 aromatic carbocycles. The summed E-state index contributed by atoms with van der Waals surface area (Å²) in [6.45, 7) is 5.63. The Balaban J connectivity index is 2.34. The molecule has 1 fully saturated rings. The lowest BCUT2D eigenvalue weighted by Crippen LogP contribution is -2.64. The Morgan fingerprint density at radius 3 is 2.19 bits per heavy atom. The maximum atomic E-state index is 12.6. The molecule has 2 amide bonds. The Labute approximate surface area is 125 Å². The van der Waals surface area contributed by atoms with Crippen molar-refractivity contribution in [2.45, 2.75) is 32.9 Å². The van der Waals surface area contributed by atoms with Crippen molar-refractivity contribution >= 4 is 23.2 Å².